The number of carbonyl (C=O) groups is 1. The van der Waals surface area contributed by atoms with Crippen molar-refractivity contribution in [1.82, 2.24) is 15.0 Å². The average molecular weight is 395 g/mol. The molecular formula is C22H25N3O4. The molecule has 1 aromatic carbocycles. The fourth-order valence-electron chi connectivity index (χ4n) is 4.14. The van der Waals surface area contributed by atoms with E-state index >= 15 is 0 Å². The van der Waals surface area contributed by atoms with E-state index in [0.29, 0.717) is 39.7 Å². The Morgan fingerprint density at radius 1 is 1.07 bits per heavy atom. The molecule has 1 aliphatic carbocycles. The Morgan fingerprint density at radius 2 is 1.72 bits per heavy atom. The molecule has 7 heteroatoms. The molecule has 7 nitrogen and oxygen atoms in total. The highest BCUT2D eigenvalue weighted by molar-refractivity contribution is 6.08. The van der Waals surface area contributed by atoms with Crippen molar-refractivity contribution in [1.29, 1.82) is 0 Å². The van der Waals surface area contributed by atoms with Crippen LogP contribution in [0.3, 0.4) is 0 Å². The second-order valence-electron chi connectivity index (χ2n) is 7.67. The molecule has 0 unspecified atom stereocenters. The summed E-state index contributed by atoms with van der Waals surface area (Å²) in [6.07, 6.45) is 7.41. The van der Waals surface area contributed by atoms with E-state index in [0.717, 1.165) is 31.2 Å². The van der Waals surface area contributed by atoms with Crippen LogP contribution in [0.4, 0.5) is 0 Å². The summed E-state index contributed by atoms with van der Waals surface area (Å²) in [5, 5.41) is 0. The normalized spacial score (nSPS) is 15.4. The maximum Gasteiger partial charge on any atom is 0.203 e. The molecular weight excluding hydrogens is 370 g/mol. The molecule has 0 atom stereocenters. The van der Waals surface area contributed by atoms with E-state index in [2.05, 4.69) is 16.9 Å². The molecule has 1 aliphatic rings. The van der Waals surface area contributed by atoms with Gasteiger partial charge in [-0.1, -0.05) is 19.8 Å². The second-order valence-corrected chi connectivity index (χ2v) is 7.67. The van der Waals surface area contributed by atoms with Crippen LogP contribution in [0.2, 0.25) is 0 Å². The zero-order valence-corrected chi connectivity index (χ0v) is 17.2. The molecule has 2 heterocycles. The third-order valence-corrected chi connectivity index (χ3v) is 5.84. The van der Waals surface area contributed by atoms with Gasteiger partial charge in [-0.3, -0.25) is 4.79 Å². The smallest absolute Gasteiger partial charge is 0.203 e. The summed E-state index contributed by atoms with van der Waals surface area (Å²) >= 11 is 0. The number of nitrogens with zero attached hydrogens (tertiary/aromatic N) is 2. The van der Waals surface area contributed by atoms with Gasteiger partial charge in [0.15, 0.2) is 22.9 Å². The molecule has 0 aliphatic heterocycles. The fourth-order valence-corrected chi connectivity index (χ4v) is 4.14. The maximum atomic E-state index is 13.2. The van der Waals surface area contributed by atoms with E-state index in [1.807, 2.05) is 12.1 Å². The van der Waals surface area contributed by atoms with Crippen LogP contribution in [0.15, 0.2) is 24.5 Å². The van der Waals surface area contributed by atoms with Gasteiger partial charge in [-0.25, -0.2) is 9.97 Å². The largest absolute Gasteiger partial charge is 0.493 e. The Kier molecular flexibility index (Phi) is 4.90. The first-order valence-electron chi connectivity index (χ1n) is 9.70. The number of benzene rings is 1. The first-order valence-corrected chi connectivity index (χ1v) is 9.70. The maximum absolute atomic E-state index is 13.2. The molecule has 3 aromatic rings. The molecule has 0 radical (unpaired) electrons. The predicted molar refractivity (Wildman–Crippen MR) is 110 cm³/mol. The number of fused-ring (bicyclic) bond motifs is 1. The van der Waals surface area contributed by atoms with Crippen molar-refractivity contribution in [3.63, 3.8) is 0 Å². The lowest BCUT2D eigenvalue weighted by atomic mass is 9.81. The number of aromatic amines is 1. The van der Waals surface area contributed by atoms with Crippen LogP contribution in [0.5, 0.6) is 17.2 Å². The molecule has 0 spiro atoms. The number of hydrogen-bond acceptors (Lipinski definition) is 6. The van der Waals surface area contributed by atoms with Gasteiger partial charge in [-0.2, -0.15) is 0 Å². The van der Waals surface area contributed by atoms with Gasteiger partial charge in [-0.05, 0) is 25.0 Å². The number of carbonyl (C=O) groups excluding carboxylic acids is 1. The SMILES string of the molecule is COc1cc(-c2cnc3[nH]cc(C(=O)C4(C)CCCC4)c3n2)cc(OC)c1OC. The highest BCUT2D eigenvalue weighted by atomic mass is 16.5. The first-order chi connectivity index (χ1) is 14.0. The van der Waals surface area contributed by atoms with Crippen molar-refractivity contribution in [3.05, 3.63) is 30.1 Å². The van der Waals surface area contributed by atoms with Gasteiger partial charge in [0, 0.05) is 17.2 Å². The lowest BCUT2D eigenvalue weighted by Gasteiger charge is -2.20. The fraction of sp³-hybridized carbons (Fsp3) is 0.409. The molecule has 0 amide bonds. The number of hydrogen-bond donors (Lipinski definition) is 1. The van der Waals surface area contributed by atoms with E-state index in [4.69, 9.17) is 19.2 Å². The van der Waals surface area contributed by atoms with E-state index in [1.165, 1.54) is 0 Å². The minimum absolute atomic E-state index is 0.137. The molecule has 1 N–H and O–H groups in total. The quantitative estimate of drug-likeness (QED) is 0.622. The lowest BCUT2D eigenvalue weighted by molar-refractivity contribution is 0.0825. The number of rotatable bonds is 6. The molecule has 1 saturated carbocycles. The monoisotopic (exact) mass is 395 g/mol. The minimum Gasteiger partial charge on any atom is -0.493 e. The van der Waals surface area contributed by atoms with Crippen LogP contribution < -0.4 is 14.2 Å². The van der Waals surface area contributed by atoms with Gasteiger partial charge < -0.3 is 19.2 Å². The lowest BCUT2D eigenvalue weighted by Crippen LogP contribution is -2.24. The number of nitrogens with one attached hydrogen (secondary N) is 1. The summed E-state index contributed by atoms with van der Waals surface area (Å²) < 4.78 is 16.3. The van der Waals surface area contributed by atoms with E-state index in [1.54, 1.807) is 33.7 Å². The van der Waals surface area contributed by atoms with Gasteiger partial charge in [0.1, 0.15) is 5.52 Å². The van der Waals surface area contributed by atoms with Crippen molar-refractivity contribution < 1.29 is 19.0 Å². The highest BCUT2D eigenvalue weighted by Gasteiger charge is 2.38. The Labute approximate surface area is 169 Å². The summed E-state index contributed by atoms with van der Waals surface area (Å²) in [7, 11) is 4.70. The average Bonchev–Trinajstić information content (AvgIpc) is 3.38. The summed E-state index contributed by atoms with van der Waals surface area (Å²) in [6.45, 7) is 2.05. The van der Waals surface area contributed by atoms with Crippen LogP contribution in [0.25, 0.3) is 22.4 Å². The number of H-pyrrole nitrogens is 1. The molecule has 152 valence electrons. The van der Waals surface area contributed by atoms with Crippen molar-refractivity contribution in [2.45, 2.75) is 32.6 Å². The molecule has 29 heavy (non-hydrogen) atoms. The second kappa shape index (κ2) is 7.39. The third-order valence-electron chi connectivity index (χ3n) is 5.84. The first kappa shape index (κ1) is 19.2. The Balaban J connectivity index is 1.81. The number of aromatic nitrogens is 3. The topological polar surface area (TPSA) is 86.3 Å². The molecule has 1 fully saturated rings. The molecule has 0 saturated heterocycles. The number of ketones is 1. The molecule has 2 aromatic heterocycles. The van der Waals surface area contributed by atoms with E-state index in [-0.39, 0.29) is 11.2 Å². The van der Waals surface area contributed by atoms with Gasteiger partial charge in [0.05, 0.1) is 38.8 Å². The Morgan fingerprint density at radius 3 is 2.31 bits per heavy atom. The zero-order valence-electron chi connectivity index (χ0n) is 17.2. The van der Waals surface area contributed by atoms with Crippen LogP contribution in [-0.2, 0) is 0 Å². The number of ether oxygens (including phenoxy) is 3. The summed E-state index contributed by atoms with van der Waals surface area (Å²) in [5.74, 6) is 1.72. The summed E-state index contributed by atoms with van der Waals surface area (Å²) in [6, 6.07) is 3.65. The molecule has 0 bridgehead atoms. The predicted octanol–water partition coefficient (Wildman–Crippen LogP) is 4.41. The standard InChI is InChI=1S/C22H25N3O4/c1-22(7-5-6-8-22)20(26)14-11-23-21-18(14)25-15(12-24-21)13-9-16(27-2)19(29-4)17(10-13)28-3/h9-12H,5-8H2,1-4H3,(H,23,24). The van der Waals surface area contributed by atoms with Crippen LogP contribution in [0.1, 0.15) is 43.0 Å². The van der Waals surface area contributed by atoms with Crippen molar-refractivity contribution in [2.75, 3.05) is 21.3 Å². The zero-order chi connectivity index (χ0) is 20.6. The number of Topliss-reactive ketones (excluding diaryl/α,β-unsaturated/α-hetero) is 1. The Bertz CT molecular complexity index is 1040. The van der Waals surface area contributed by atoms with Crippen molar-refractivity contribution in [2.24, 2.45) is 5.41 Å². The summed E-state index contributed by atoms with van der Waals surface area (Å²) in [5.41, 5.74) is 2.87. The van der Waals surface area contributed by atoms with Gasteiger partial charge in [0.2, 0.25) is 5.75 Å². The number of methoxy groups -OCH3 is 3. The van der Waals surface area contributed by atoms with Gasteiger partial charge in [0.25, 0.3) is 0 Å². The van der Waals surface area contributed by atoms with Crippen LogP contribution >= 0.6 is 0 Å². The van der Waals surface area contributed by atoms with E-state index in [9.17, 15) is 4.79 Å². The van der Waals surface area contributed by atoms with Crippen LogP contribution in [-0.4, -0.2) is 42.1 Å². The minimum atomic E-state index is -0.320. The van der Waals surface area contributed by atoms with E-state index < -0.39 is 0 Å². The van der Waals surface area contributed by atoms with Crippen LogP contribution in [0, 0.1) is 5.41 Å². The molecule has 4 rings (SSSR count). The van der Waals surface area contributed by atoms with Gasteiger partial charge in [-0.15, -0.1) is 0 Å². The third kappa shape index (κ3) is 3.20. The Hall–Kier alpha value is -3.09. The van der Waals surface area contributed by atoms with Crippen molar-refractivity contribution >= 4 is 16.9 Å². The van der Waals surface area contributed by atoms with Gasteiger partial charge >= 0.3 is 0 Å². The summed E-state index contributed by atoms with van der Waals surface area (Å²) in [4.78, 5) is 25.6. The van der Waals surface area contributed by atoms with Crippen molar-refractivity contribution in [3.8, 4) is 28.5 Å². The highest BCUT2D eigenvalue weighted by Crippen LogP contribution is 2.42.